The molecule has 6 atom stereocenters. The van der Waals surface area contributed by atoms with Crippen LogP contribution < -0.4 is 9.64 Å². The lowest BCUT2D eigenvalue weighted by Gasteiger charge is -2.29. The van der Waals surface area contributed by atoms with Crippen molar-refractivity contribution >= 4 is 34.8 Å². The molecular formula is C25H20ClFN2O4. The fourth-order valence-electron chi connectivity index (χ4n) is 6.12. The van der Waals surface area contributed by atoms with E-state index in [9.17, 15) is 14.0 Å². The first kappa shape index (κ1) is 20.4. The van der Waals surface area contributed by atoms with E-state index in [4.69, 9.17) is 21.2 Å². The molecule has 3 fully saturated rings. The average molecular weight is 467 g/mol. The number of anilines is 1. The van der Waals surface area contributed by atoms with Crippen LogP contribution in [0.4, 0.5) is 10.1 Å². The monoisotopic (exact) mass is 466 g/mol. The van der Waals surface area contributed by atoms with Gasteiger partial charge in [0.1, 0.15) is 24.3 Å². The number of oxime groups is 1. The summed E-state index contributed by atoms with van der Waals surface area (Å²) < 4.78 is 19.2. The maximum absolute atomic E-state index is 13.6. The Hall–Kier alpha value is -3.19. The van der Waals surface area contributed by atoms with Crippen LogP contribution in [0.3, 0.4) is 0 Å². The minimum Gasteiger partial charge on any atom is -0.490 e. The summed E-state index contributed by atoms with van der Waals surface area (Å²) in [6, 6.07) is 11.5. The van der Waals surface area contributed by atoms with E-state index in [1.165, 1.54) is 23.1 Å². The molecule has 1 saturated heterocycles. The first-order valence-electron chi connectivity index (χ1n) is 10.9. The number of carbonyl (C=O) groups excluding carboxylic acids is 2. The van der Waals surface area contributed by atoms with Crippen molar-refractivity contribution in [2.24, 2.45) is 34.7 Å². The van der Waals surface area contributed by atoms with Gasteiger partial charge >= 0.3 is 0 Å². The largest absolute Gasteiger partial charge is 0.490 e. The van der Waals surface area contributed by atoms with Crippen LogP contribution in [0, 0.1) is 35.4 Å². The molecule has 2 bridgehead atoms. The third-order valence-corrected chi connectivity index (χ3v) is 7.66. The molecule has 6 nitrogen and oxygen atoms in total. The first-order chi connectivity index (χ1) is 16.0. The molecule has 2 amide bonds. The van der Waals surface area contributed by atoms with E-state index < -0.39 is 17.7 Å². The number of imide groups is 1. The van der Waals surface area contributed by atoms with Crippen molar-refractivity contribution in [3.8, 4) is 5.75 Å². The van der Waals surface area contributed by atoms with Gasteiger partial charge in [0.25, 0.3) is 0 Å². The summed E-state index contributed by atoms with van der Waals surface area (Å²) in [5.74, 6) is -1.44. The second-order valence-corrected chi connectivity index (χ2v) is 9.33. The Kier molecular flexibility index (Phi) is 4.59. The number of ether oxygens (including phenoxy) is 1. The Morgan fingerprint density at radius 3 is 2.55 bits per heavy atom. The molecule has 2 saturated carbocycles. The molecule has 0 unspecified atom stereocenters. The lowest BCUT2D eigenvalue weighted by molar-refractivity contribution is -0.125. The molecule has 8 heteroatoms. The van der Waals surface area contributed by atoms with E-state index >= 15 is 0 Å². The van der Waals surface area contributed by atoms with Gasteiger partial charge in [-0.05, 0) is 54.8 Å². The van der Waals surface area contributed by atoms with Gasteiger partial charge in [-0.3, -0.25) is 9.59 Å². The van der Waals surface area contributed by atoms with Crippen LogP contribution in [0.2, 0.25) is 5.02 Å². The maximum Gasteiger partial charge on any atom is 0.238 e. The Balaban J connectivity index is 1.28. The Morgan fingerprint density at radius 2 is 1.85 bits per heavy atom. The lowest BCUT2D eigenvalue weighted by Crippen LogP contribution is -2.41. The number of nitrogens with zero attached hydrogens (tertiary/aromatic N) is 2. The minimum absolute atomic E-state index is 0.0414. The first-order valence-corrected chi connectivity index (χ1v) is 11.3. The van der Waals surface area contributed by atoms with Gasteiger partial charge in [0.05, 0.1) is 28.3 Å². The summed E-state index contributed by atoms with van der Waals surface area (Å²) in [5, 5.41) is 4.24. The van der Waals surface area contributed by atoms with E-state index in [-0.39, 0.29) is 40.7 Å². The molecule has 2 aromatic carbocycles. The SMILES string of the molecule is C=CCOc1ccc(C2=NO[C@@H]3[C@@H]4C[C@@H]([C@H]5C(=O)N(c6ccc(F)c(Cl)c6)C(=O)[C@@H]45)[C@H]23)cc1. The topological polar surface area (TPSA) is 68.2 Å². The maximum atomic E-state index is 13.6. The second-order valence-electron chi connectivity index (χ2n) is 8.92. The van der Waals surface area contributed by atoms with Crippen LogP contribution in [0.15, 0.2) is 60.3 Å². The van der Waals surface area contributed by atoms with Crippen LogP contribution in [0.25, 0.3) is 0 Å². The summed E-state index contributed by atoms with van der Waals surface area (Å²) in [7, 11) is 0. The van der Waals surface area contributed by atoms with Gasteiger partial charge in [-0.1, -0.05) is 29.4 Å². The van der Waals surface area contributed by atoms with Gasteiger partial charge < -0.3 is 9.57 Å². The highest BCUT2D eigenvalue weighted by molar-refractivity contribution is 6.31. The molecule has 0 spiro atoms. The molecule has 2 aliphatic heterocycles. The number of hydrogen-bond donors (Lipinski definition) is 0. The number of benzene rings is 2. The molecular weight excluding hydrogens is 447 g/mol. The average Bonchev–Trinajstić information content (AvgIpc) is 3.55. The summed E-state index contributed by atoms with van der Waals surface area (Å²) in [6.45, 7) is 4.07. The van der Waals surface area contributed by atoms with Crippen molar-refractivity contribution in [2.45, 2.75) is 12.5 Å². The minimum atomic E-state index is -0.593. The highest BCUT2D eigenvalue weighted by Gasteiger charge is 2.70. The molecule has 33 heavy (non-hydrogen) atoms. The van der Waals surface area contributed by atoms with Crippen molar-refractivity contribution < 1.29 is 23.6 Å². The summed E-state index contributed by atoms with van der Waals surface area (Å²) in [5.41, 5.74) is 2.03. The zero-order chi connectivity index (χ0) is 22.9. The van der Waals surface area contributed by atoms with Crippen LogP contribution >= 0.6 is 11.6 Å². The quantitative estimate of drug-likeness (QED) is 0.489. The molecule has 168 valence electrons. The lowest BCUT2D eigenvalue weighted by atomic mass is 9.71. The van der Waals surface area contributed by atoms with Gasteiger partial charge in [-0.2, -0.15) is 0 Å². The van der Waals surface area contributed by atoms with Crippen molar-refractivity contribution in [3.05, 3.63) is 71.5 Å². The van der Waals surface area contributed by atoms with Gasteiger partial charge in [0, 0.05) is 17.4 Å². The number of rotatable bonds is 5. The van der Waals surface area contributed by atoms with Crippen LogP contribution in [0.1, 0.15) is 12.0 Å². The van der Waals surface area contributed by atoms with E-state index in [0.29, 0.717) is 12.3 Å². The highest BCUT2D eigenvalue weighted by atomic mass is 35.5. The van der Waals surface area contributed by atoms with Gasteiger partial charge in [0.2, 0.25) is 11.8 Å². The van der Waals surface area contributed by atoms with E-state index in [0.717, 1.165) is 23.4 Å². The number of fused-ring (bicyclic) bond motifs is 8. The van der Waals surface area contributed by atoms with Crippen molar-refractivity contribution in [1.82, 2.24) is 0 Å². The third-order valence-electron chi connectivity index (χ3n) is 7.37. The predicted molar refractivity (Wildman–Crippen MR) is 120 cm³/mol. The van der Waals surface area contributed by atoms with Gasteiger partial charge in [0.15, 0.2) is 0 Å². The Labute approximate surface area is 194 Å². The Morgan fingerprint density at radius 1 is 1.12 bits per heavy atom. The molecule has 6 rings (SSSR count). The van der Waals surface area contributed by atoms with E-state index in [1.807, 2.05) is 24.3 Å². The zero-order valence-corrected chi connectivity index (χ0v) is 18.2. The summed E-state index contributed by atoms with van der Waals surface area (Å²) in [6.07, 6.45) is 2.21. The number of hydrogen-bond acceptors (Lipinski definition) is 5. The van der Waals surface area contributed by atoms with Crippen LogP contribution in [-0.4, -0.2) is 30.2 Å². The molecule has 0 N–H and O–H groups in total. The molecule has 0 aromatic heterocycles. The van der Waals surface area contributed by atoms with Crippen LogP contribution in [0.5, 0.6) is 5.75 Å². The normalized spacial score (nSPS) is 31.3. The van der Waals surface area contributed by atoms with Gasteiger partial charge in [-0.25, -0.2) is 9.29 Å². The second kappa shape index (κ2) is 7.42. The summed E-state index contributed by atoms with van der Waals surface area (Å²) >= 11 is 5.91. The molecule has 4 aliphatic rings. The van der Waals surface area contributed by atoms with Crippen molar-refractivity contribution in [1.29, 1.82) is 0 Å². The molecule has 0 radical (unpaired) electrons. The summed E-state index contributed by atoms with van der Waals surface area (Å²) in [4.78, 5) is 33.7. The number of carbonyl (C=O) groups is 2. The molecule has 2 aliphatic carbocycles. The molecule has 2 heterocycles. The van der Waals surface area contributed by atoms with Crippen LogP contribution in [-0.2, 0) is 14.4 Å². The highest BCUT2D eigenvalue weighted by Crippen LogP contribution is 2.62. The van der Waals surface area contributed by atoms with Gasteiger partial charge in [-0.15, -0.1) is 0 Å². The van der Waals surface area contributed by atoms with E-state index in [2.05, 4.69) is 11.7 Å². The fraction of sp³-hybridized carbons (Fsp3) is 0.320. The number of amides is 2. The molecule has 2 aromatic rings. The van der Waals surface area contributed by atoms with Crippen molar-refractivity contribution in [2.75, 3.05) is 11.5 Å². The smallest absolute Gasteiger partial charge is 0.238 e. The standard InChI is InChI=1S/C25H20ClFN2O4/c1-2-9-32-14-6-3-12(4-7-14)22-21-15-11-16(23(21)33-28-22)20-19(15)24(30)29(25(20)31)13-5-8-18(27)17(26)10-13/h2-8,10,15-16,19-21,23H,1,9,11H2/t15-,16+,19+,20-,21+,23+/m0/s1. The fourth-order valence-corrected chi connectivity index (χ4v) is 6.29. The Bertz CT molecular complexity index is 1210. The van der Waals surface area contributed by atoms with Crippen molar-refractivity contribution in [3.63, 3.8) is 0 Å². The zero-order valence-electron chi connectivity index (χ0n) is 17.5. The predicted octanol–water partition coefficient (Wildman–Crippen LogP) is 4.22. The van der Waals surface area contributed by atoms with E-state index in [1.54, 1.807) is 6.08 Å². The number of halogens is 2. The third kappa shape index (κ3) is 2.88.